The predicted octanol–water partition coefficient (Wildman–Crippen LogP) is 6.97. The number of carbonyl (C=O) groups excluding carboxylic acids is 2. The van der Waals surface area contributed by atoms with Crippen molar-refractivity contribution >= 4 is 50.7 Å². The molecule has 0 spiro atoms. The fourth-order valence-electron chi connectivity index (χ4n) is 4.65. The summed E-state index contributed by atoms with van der Waals surface area (Å²) in [5.41, 5.74) is 0.201. The highest BCUT2D eigenvalue weighted by Crippen LogP contribution is 2.32. The minimum Gasteiger partial charge on any atom is -0.354 e. The fourth-order valence-corrected chi connectivity index (χ4v) is 6.08. The molecule has 244 valence electrons. The van der Waals surface area contributed by atoms with E-state index in [0.29, 0.717) is 22.2 Å². The highest BCUT2D eigenvalue weighted by molar-refractivity contribution is 7.92. The molecule has 3 aromatic rings. The molecule has 1 N–H and O–H groups in total. The maximum absolute atomic E-state index is 13.9. The van der Waals surface area contributed by atoms with E-state index in [1.165, 1.54) is 17.0 Å². The molecule has 13 heteroatoms. The zero-order valence-electron chi connectivity index (χ0n) is 25.2. The molecular weight excluding hydrogens is 650 g/mol. The number of nitrogens with zero attached hydrogens (tertiary/aromatic N) is 2. The monoisotopic (exact) mass is 685 g/mol. The van der Waals surface area contributed by atoms with Crippen molar-refractivity contribution in [3.8, 4) is 0 Å². The predicted molar refractivity (Wildman–Crippen MR) is 172 cm³/mol. The first-order valence-corrected chi connectivity index (χ1v) is 16.9. The summed E-state index contributed by atoms with van der Waals surface area (Å²) >= 11 is 12.5. The number of nitrogens with one attached hydrogen (secondary N) is 1. The second kappa shape index (κ2) is 15.8. The lowest BCUT2D eigenvalue weighted by molar-refractivity contribution is -0.141. The van der Waals surface area contributed by atoms with Gasteiger partial charge in [-0.3, -0.25) is 13.9 Å². The maximum atomic E-state index is 13.9. The van der Waals surface area contributed by atoms with E-state index < -0.39 is 33.7 Å². The van der Waals surface area contributed by atoms with Gasteiger partial charge in [0.15, 0.2) is 0 Å². The third-order valence-electron chi connectivity index (χ3n) is 6.93. The Hall–Kier alpha value is -3.28. The van der Waals surface area contributed by atoms with Gasteiger partial charge in [0.2, 0.25) is 21.8 Å². The molecule has 0 unspecified atom stereocenters. The lowest BCUT2D eigenvalue weighted by atomic mass is 10.0. The van der Waals surface area contributed by atoms with Crippen LogP contribution in [0.2, 0.25) is 10.0 Å². The Kier molecular flexibility index (Phi) is 12.7. The van der Waals surface area contributed by atoms with Crippen LogP contribution >= 0.6 is 23.2 Å². The SMILES string of the molecule is CC(C)CNC(=O)[C@@H](Cc1ccccc1)N(Cc1ccc(Cl)cc1Cl)C(=O)CCCN(c1cccc(C(F)(F)F)c1)S(C)(=O)=O. The van der Waals surface area contributed by atoms with Gasteiger partial charge in [-0.2, -0.15) is 13.2 Å². The van der Waals surface area contributed by atoms with E-state index in [1.54, 1.807) is 12.1 Å². The largest absolute Gasteiger partial charge is 0.416 e. The Morgan fingerprint density at radius 3 is 2.24 bits per heavy atom. The van der Waals surface area contributed by atoms with Crippen molar-refractivity contribution < 1.29 is 31.2 Å². The number of amides is 2. The van der Waals surface area contributed by atoms with Crippen molar-refractivity contribution in [2.45, 2.75) is 51.9 Å². The fraction of sp³-hybridized carbons (Fsp3) is 0.375. The van der Waals surface area contributed by atoms with Crippen LogP contribution in [-0.4, -0.2) is 50.5 Å². The molecule has 0 fully saturated rings. The van der Waals surface area contributed by atoms with E-state index >= 15 is 0 Å². The quantitative estimate of drug-likeness (QED) is 0.199. The Morgan fingerprint density at radius 1 is 0.956 bits per heavy atom. The summed E-state index contributed by atoms with van der Waals surface area (Å²) in [5.74, 6) is -0.675. The van der Waals surface area contributed by atoms with Crippen LogP contribution in [-0.2, 0) is 38.8 Å². The van der Waals surface area contributed by atoms with Crippen LogP contribution in [0.3, 0.4) is 0 Å². The van der Waals surface area contributed by atoms with Gasteiger partial charge in [-0.25, -0.2) is 8.42 Å². The van der Waals surface area contributed by atoms with E-state index in [1.807, 2.05) is 44.2 Å². The number of sulfonamides is 1. The van der Waals surface area contributed by atoms with E-state index in [0.717, 1.165) is 34.3 Å². The molecular formula is C32H36Cl2F3N3O4S. The number of carbonyl (C=O) groups is 2. The molecule has 7 nitrogen and oxygen atoms in total. The van der Waals surface area contributed by atoms with Crippen molar-refractivity contribution in [1.82, 2.24) is 10.2 Å². The molecule has 0 aliphatic carbocycles. The van der Waals surface area contributed by atoms with Crippen molar-refractivity contribution in [3.05, 3.63) is 99.5 Å². The van der Waals surface area contributed by atoms with Gasteiger partial charge < -0.3 is 10.2 Å². The van der Waals surface area contributed by atoms with Gasteiger partial charge in [0, 0.05) is 42.5 Å². The summed E-state index contributed by atoms with van der Waals surface area (Å²) in [6, 6.07) is 17.1. The highest BCUT2D eigenvalue weighted by atomic mass is 35.5. The smallest absolute Gasteiger partial charge is 0.354 e. The minimum atomic E-state index is -4.66. The summed E-state index contributed by atoms with van der Waals surface area (Å²) in [4.78, 5) is 28.9. The van der Waals surface area contributed by atoms with Gasteiger partial charge in [-0.1, -0.05) is 79.5 Å². The number of hydrogen-bond acceptors (Lipinski definition) is 4. The zero-order valence-corrected chi connectivity index (χ0v) is 27.5. The number of rotatable bonds is 14. The molecule has 1 atom stereocenters. The van der Waals surface area contributed by atoms with Crippen LogP contribution in [0, 0.1) is 5.92 Å². The Bertz CT molecular complexity index is 1570. The van der Waals surface area contributed by atoms with Crippen LogP contribution < -0.4 is 9.62 Å². The summed E-state index contributed by atoms with van der Waals surface area (Å²) < 4.78 is 66.1. The van der Waals surface area contributed by atoms with Gasteiger partial charge in [0.25, 0.3) is 0 Å². The van der Waals surface area contributed by atoms with Crippen molar-refractivity contribution in [2.75, 3.05) is 23.7 Å². The first-order valence-electron chi connectivity index (χ1n) is 14.3. The van der Waals surface area contributed by atoms with Crippen molar-refractivity contribution in [1.29, 1.82) is 0 Å². The van der Waals surface area contributed by atoms with E-state index in [2.05, 4.69) is 5.32 Å². The van der Waals surface area contributed by atoms with Crippen LogP contribution in [0.25, 0.3) is 0 Å². The Labute approximate surface area is 272 Å². The van der Waals surface area contributed by atoms with Crippen LogP contribution in [0.4, 0.5) is 18.9 Å². The summed E-state index contributed by atoms with van der Waals surface area (Å²) in [5, 5.41) is 3.61. The first-order chi connectivity index (χ1) is 21.1. The number of halogens is 5. The number of alkyl halides is 3. The lowest BCUT2D eigenvalue weighted by Gasteiger charge is -2.32. The molecule has 0 aromatic heterocycles. The molecule has 3 aromatic carbocycles. The third-order valence-corrected chi connectivity index (χ3v) is 8.71. The van der Waals surface area contributed by atoms with Gasteiger partial charge >= 0.3 is 6.18 Å². The van der Waals surface area contributed by atoms with Gasteiger partial charge in [-0.15, -0.1) is 0 Å². The number of hydrogen-bond donors (Lipinski definition) is 1. The Balaban J connectivity index is 1.92. The van der Waals surface area contributed by atoms with E-state index in [-0.39, 0.29) is 49.9 Å². The first kappa shape index (κ1) is 36.2. The maximum Gasteiger partial charge on any atom is 0.416 e. The van der Waals surface area contributed by atoms with Crippen molar-refractivity contribution in [2.24, 2.45) is 5.92 Å². The topological polar surface area (TPSA) is 86.8 Å². The molecule has 0 aliphatic heterocycles. The second-order valence-corrected chi connectivity index (χ2v) is 13.8. The molecule has 3 rings (SSSR count). The van der Waals surface area contributed by atoms with E-state index in [9.17, 15) is 31.2 Å². The minimum absolute atomic E-state index is 0.0291. The molecule has 0 heterocycles. The van der Waals surface area contributed by atoms with Crippen LogP contribution in [0.15, 0.2) is 72.8 Å². The molecule has 45 heavy (non-hydrogen) atoms. The highest BCUT2D eigenvalue weighted by Gasteiger charge is 2.33. The molecule has 0 aliphatic rings. The third kappa shape index (κ3) is 10.9. The normalized spacial score (nSPS) is 12.6. The molecule has 0 saturated heterocycles. The molecule has 0 radical (unpaired) electrons. The molecule has 2 amide bonds. The number of anilines is 1. The summed E-state index contributed by atoms with van der Waals surface area (Å²) in [6.45, 7) is 3.98. The number of benzene rings is 3. The van der Waals surface area contributed by atoms with Gasteiger partial charge in [0.05, 0.1) is 17.5 Å². The standard InChI is InChI=1S/C32H36Cl2F3N3O4S/c1-22(2)20-38-31(42)29(17-23-9-5-4-6-10-23)39(21-24-14-15-26(33)19-28(24)34)30(41)13-8-16-40(45(3,43)44)27-12-7-11-25(18-27)32(35,36)37/h4-7,9-12,14-15,18-19,22,29H,8,13,16-17,20-21H2,1-3H3,(H,38,42)/t29-/m1/s1. The van der Waals surface area contributed by atoms with Crippen LogP contribution in [0.5, 0.6) is 0 Å². The summed E-state index contributed by atoms with van der Waals surface area (Å²) in [6.07, 6.45) is -3.81. The summed E-state index contributed by atoms with van der Waals surface area (Å²) in [7, 11) is -4.00. The average Bonchev–Trinajstić information content (AvgIpc) is 2.96. The van der Waals surface area contributed by atoms with E-state index in [4.69, 9.17) is 23.2 Å². The van der Waals surface area contributed by atoms with Gasteiger partial charge in [-0.05, 0) is 53.8 Å². The van der Waals surface area contributed by atoms with Crippen LogP contribution in [0.1, 0.15) is 43.4 Å². The molecule has 0 saturated carbocycles. The second-order valence-electron chi connectivity index (χ2n) is 11.1. The molecule has 0 bridgehead atoms. The van der Waals surface area contributed by atoms with Crippen molar-refractivity contribution in [3.63, 3.8) is 0 Å². The lowest BCUT2D eigenvalue weighted by Crippen LogP contribution is -2.51. The Morgan fingerprint density at radius 2 is 1.64 bits per heavy atom. The average molecular weight is 687 g/mol. The van der Waals surface area contributed by atoms with Gasteiger partial charge in [0.1, 0.15) is 6.04 Å². The zero-order chi connectivity index (χ0) is 33.4.